The highest BCUT2D eigenvalue weighted by Crippen LogP contribution is 2.17. The minimum absolute atomic E-state index is 0.654. The molecule has 0 bridgehead atoms. The largest absolute Gasteiger partial charge is 0.360 e. The molecule has 140 valence electrons. The quantitative estimate of drug-likeness (QED) is 0.670. The number of quaternary nitrogens is 1. The van der Waals surface area contributed by atoms with Gasteiger partial charge < -0.3 is 9.80 Å². The summed E-state index contributed by atoms with van der Waals surface area (Å²) in [6.07, 6.45) is 3.94. The highest BCUT2D eigenvalue weighted by atomic mass is 32.1. The summed E-state index contributed by atoms with van der Waals surface area (Å²) < 4.78 is 4.29. The first kappa shape index (κ1) is 17.8. The van der Waals surface area contributed by atoms with Crippen LogP contribution in [0.25, 0.3) is 5.69 Å². The number of hydrogen-bond acceptors (Lipinski definition) is 4. The van der Waals surface area contributed by atoms with Crippen LogP contribution in [0, 0.1) is 18.6 Å². The third-order valence-corrected chi connectivity index (χ3v) is 5.58. The molecule has 1 fully saturated rings. The van der Waals surface area contributed by atoms with Gasteiger partial charge in [0.2, 0.25) is 4.77 Å². The highest BCUT2D eigenvalue weighted by Gasteiger charge is 2.22. The number of piperazine rings is 1. The molecule has 0 spiro atoms. The van der Waals surface area contributed by atoms with E-state index in [1.54, 1.807) is 4.68 Å². The Morgan fingerprint density at radius 2 is 1.70 bits per heavy atom. The van der Waals surface area contributed by atoms with Gasteiger partial charge in [0.15, 0.2) is 19.1 Å². The second-order valence-corrected chi connectivity index (χ2v) is 7.43. The fourth-order valence-electron chi connectivity index (χ4n) is 3.69. The van der Waals surface area contributed by atoms with E-state index in [2.05, 4.69) is 64.5 Å². The van der Waals surface area contributed by atoms with Gasteiger partial charge >= 0.3 is 0 Å². The molecule has 0 saturated carbocycles. The second kappa shape index (κ2) is 7.58. The summed E-state index contributed by atoms with van der Waals surface area (Å²) in [6, 6.07) is 10.5. The number of para-hydroxylation sites is 1. The molecule has 27 heavy (non-hydrogen) atoms. The Morgan fingerprint density at radius 1 is 1.04 bits per heavy atom. The van der Waals surface area contributed by atoms with E-state index in [9.17, 15) is 0 Å². The number of hydrogen-bond donors (Lipinski definition) is 1. The number of benzene rings is 1. The highest BCUT2D eigenvalue weighted by molar-refractivity contribution is 7.71. The molecule has 3 aromatic rings. The van der Waals surface area contributed by atoms with E-state index in [1.165, 1.54) is 10.6 Å². The van der Waals surface area contributed by atoms with Gasteiger partial charge in [0.05, 0.1) is 31.9 Å². The lowest BCUT2D eigenvalue weighted by Crippen LogP contribution is -3.14. The molecule has 0 unspecified atom stereocenters. The van der Waals surface area contributed by atoms with E-state index in [4.69, 9.17) is 12.2 Å². The molecule has 0 amide bonds. The number of H-pyrrole nitrogens is 1. The first-order valence-corrected chi connectivity index (χ1v) is 9.68. The van der Waals surface area contributed by atoms with Crippen LogP contribution in [0.1, 0.15) is 11.1 Å². The summed E-state index contributed by atoms with van der Waals surface area (Å²) >= 11 is 5.67. The van der Waals surface area contributed by atoms with Crippen LogP contribution in [0.5, 0.6) is 0 Å². The van der Waals surface area contributed by atoms with Crippen LogP contribution in [0.15, 0.2) is 42.7 Å². The number of nitrogens with zero attached hydrogens (tertiary/aromatic N) is 5. The minimum Gasteiger partial charge on any atom is -0.360 e. The number of aromatic nitrogens is 5. The van der Waals surface area contributed by atoms with Crippen LogP contribution >= 0.6 is 12.2 Å². The van der Waals surface area contributed by atoms with Gasteiger partial charge in [-0.15, -0.1) is 0 Å². The number of nitrogens with one attached hydrogen (secondary N) is 2. The standard InChI is InChI=1S/C19H23N7S/c1-15-4-3-5-16(2)18(15)26-19(27)25(21-22-26)14-23-10-12-24(13-11-23)17-6-8-20-9-7-17/h3-9H,10-14H2,1-2H3/p+2. The molecule has 7 nitrogen and oxygen atoms in total. The SMILES string of the molecule is Cc1cccc(C)c1-n1nnn(C[NH+]2CCN(c3cc[nH+]cc3)CC2)c1=S. The van der Waals surface area contributed by atoms with Crippen LogP contribution in [0.3, 0.4) is 0 Å². The predicted molar refractivity (Wildman–Crippen MR) is 106 cm³/mol. The molecule has 2 N–H and O–H groups in total. The Hall–Kier alpha value is -2.58. The van der Waals surface area contributed by atoms with Crippen molar-refractivity contribution in [1.29, 1.82) is 0 Å². The van der Waals surface area contributed by atoms with Crippen molar-refractivity contribution >= 4 is 17.9 Å². The maximum absolute atomic E-state index is 5.67. The first-order chi connectivity index (χ1) is 13.1. The molecule has 2 aromatic heterocycles. The van der Waals surface area contributed by atoms with Crippen molar-refractivity contribution in [3.63, 3.8) is 0 Å². The number of rotatable bonds is 4. The third-order valence-electron chi connectivity index (χ3n) is 5.20. The van der Waals surface area contributed by atoms with Gasteiger partial charge in [-0.25, -0.2) is 4.98 Å². The minimum atomic E-state index is 0.654. The van der Waals surface area contributed by atoms with E-state index in [1.807, 2.05) is 17.1 Å². The lowest BCUT2D eigenvalue weighted by Gasteiger charge is -2.32. The number of aromatic amines is 1. The van der Waals surface area contributed by atoms with Crippen LogP contribution in [-0.2, 0) is 6.67 Å². The fraction of sp³-hybridized carbons (Fsp3) is 0.368. The molecule has 0 atom stereocenters. The summed E-state index contributed by atoms with van der Waals surface area (Å²) in [7, 11) is 0. The Labute approximate surface area is 163 Å². The second-order valence-electron chi connectivity index (χ2n) is 7.07. The summed E-state index contributed by atoms with van der Waals surface area (Å²) in [5.74, 6) is 0. The van der Waals surface area contributed by atoms with Crippen molar-refractivity contribution in [3.8, 4) is 5.69 Å². The summed E-state index contributed by atoms with van der Waals surface area (Å²) in [6.45, 7) is 9.06. The van der Waals surface area contributed by atoms with E-state index < -0.39 is 0 Å². The summed E-state index contributed by atoms with van der Waals surface area (Å²) in [5, 5.41) is 8.67. The zero-order chi connectivity index (χ0) is 18.8. The van der Waals surface area contributed by atoms with E-state index in [0.29, 0.717) is 4.77 Å². The summed E-state index contributed by atoms with van der Waals surface area (Å²) in [4.78, 5) is 6.97. The van der Waals surface area contributed by atoms with Crippen molar-refractivity contribution < 1.29 is 9.88 Å². The maximum Gasteiger partial charge on any atom is 0.225 e. The lowest BCUT2D eigenvalue weighted by atomic mass is 10.1. The van der Waals surface area contributed by atoms with Crippen LogP contribution in [0.2, 0.25) is 0 Å². The molecule has 3 heterocycles. The molecule has 1 aliphatic rings. The Balaban J connectivity index is 1.46. The van der Waals surface area contributed by atoms with Gasteiger partial charge in [-0.3, -0.25) is 0 Å². The third kappa shape index (κ3) is 3.63. The van der Waals surface area contributed by atoms with Gasteiger partial charge in [-0.05, 0) is 47.6 Å². The normalized spacial score (nSPS) is 15.3. The number of tetrazole rings is 1. The molecule has 4 rings (SSSR count). The Bertz CT molecular complexity index is 951. The van der Waals surface area contributed by atoms with Crippen molar-refractivity contribution in [3.05, 3.63) is 58.6 Å². The average molecular weight is 384 g/mol. The average Bonchev–Trinajstić information content (AvgIpc) is 3.03. The molecule has 0 radical (unpaired) electrons. The predicted octanol–water partition coefficient (Wildman–Crippen LogP) is 0.592. The van der Waals surface area contributed by atoms with Crippen LogP contribution in [-0.4, -0.2) is 46.0 Å². The van der Waals surface area contributed by atoms with E-state index >= 15 is 0 Å². The Kier molecular flexibility index (Phi) is 5.00. The molecule has 1 saturated heterocycles. The molecule has 1 aromatic carbocycles. The van der Waals surface area contributed by atoms with Crippen molar-refractivity contribution in [2.45, 2.75) is 20.5 Å². The first-order valence-electron chi connectivity index (χ1n) is 9.27. The number of pyridine rings is 1. The van der Waals surface area contributed by atoms with Crippen LogP contribution in [0.4, 0.5) is 5.69 Å². The number of aryl methyl sites for hydroxylation is 2. The van der Waals surface area contributed by atoms with E-state index in [-0.39, 0.29) is 0 Å². The van der Waals surface area contributed by atoms with Crippen molar-refractivity contribution in [2.24, 2.45) is 0 Å². The maximum atomic E-state index is 5.67. The Morgan fingerprint density at radius 3 is 2.37 bits per heavy atom. The smallest absolute Gasteiger partial charge is 0.225 e. The zero-order valence-electron chi connectivity index (χ0n) is 15.7. The van der Waals surface area contributed by atoms with Crippen molar-refractivity contribution in [2.75, 3.05) is 31.1 Å². The fourth-order valence-corrected chi connectivity index (χ4v) is 3.92. The molecular formula is C19H25N7S+2. The lowest BCUT2D eigenvalue weighted by molar-refractivity contribution is -0.924. The van der Waals surface area contributed by atoms with Gasteiger partial charge in [0.25, 0.3) is 0 Å². The van der Waals surface area contributed by atoms with Gasteiger partial charge in [0.1, 0.15) is 0 Å². The molecule has 8 heteroatoms. The van der Waals surface area contributed by atoms with Gasteiger partial charge in [0, 0.05) is 17.8 Å². The van der Waals surface area contributed by atoms with Gasteiger partial charge in [-0.1, -0.05) is 18.2 Å². The molecule has 0 aliphatic carbocycles. The zero-order valence-corrected chi connectivity index (χ0v) is 16.5. The topological polar surface area (TPSA) is 57.5 Å². The van der Waals surface area contributed by atoms with Crippen LogP contribution < -0.4 is 14.8 Å². The number of anilines is 1. The summed E-state index contributed by atoms with van der Waals surface area (Å²) in [5.41, 5.74) is 4.61. The van der Waals surface area contributed by atoms with Gasteiger partial charge in [-0.2, -0.15) is 9.36 Å². The molecular weight excluding hydrogens is 358 g/mol. The monoisotopic (exact) mass is 383 g/mol. The van der Waals surface area contributed by atoms with Crippen molar-refractivity contribution in [1.82, 2.24) is 19.8 Å². The van der Waals surface area contributed by atoms with E-state index in [0.717, 1.165) is 49.7 Å². The molecule has 1 aliphatic heterocycles.